The first kappa shape index (κ1) is 14.6. The van der Waals surface area contributed by atoms with Crippen LogP contribution >= 0.6 is 0 Å². The van der Waals surface area contributed by atoms with Gasteiger partial charge in [0.25, 0.3) is 0 Å². The van der Waals surface area contributed by atoms with Crippen molar-refractivity contribution >= 4 is 5.69 Å². The Labute approximate surface area is 122 Å². The van der Waals surface area contributed by atoms with Crippen molar-refractivity contribution in [2.75, 3.05) is 11.9 Å². The Balaban J connectivity index is 1.79. The number of nitrogens with zero attached hydrogens (tertiary/aromatic N) is 2. The van der Waals surface area contributed by atoms with Gasteiger partial charge in [0, 0.05) is 18.9 Å². The molecule has 2 rings (SSSR count). The van der Waals surface area contributed by atoms with E-state index in [9.17, 15) is 0 Å². The van der Waals surface area contributed by atoms with Gasteiger partial charge in [-0.25, -0.2) is 4.98 Å². The van der Waals surface area contributed by atoms with Crippen LogP contribution in [0.15, 0.2) is 43.0 Å². The van der Waals surface area contributed by atoms with Crippen LogP contribution in [0.4, 0.5) is 5.69 Å². The molecule has 0 amide bonds. The van der Waals surface area contributed by atoms with E-state index in [0.29, 0.717) is 0 Å². The molecule has 0 spiro atoms. The van der Waals surface area contributed by atoms with Gasteiger partial charge in [-0.3, -0.25) is 0 Å². The average Bonchev–Trinajstić information content (AvgIpc) is 3.01. The smallest absolute Gasteiger partial charge is 0.0992 e. The Morgan fingerprint density at radius 3 is 2.65 bits per heavy atom. The van der Waals surface area contributed by atoms with E-state index in [1.807, 2.05) is 23.3 Å². The van der Waals surface area contributed by atoms with Crippen molar-refractivity contribution in [2.24, 2.45) is 0 Å². The molecular formula is C17H25N3. The minimum absolute atomic E-state index is 1.04. The quantitative estimate of drug-likeness (QED) is 0.673. The van der Waals surface area contributed by atoms with Crippen LogP contribution in [-0.4, -0.2) is 16.1 Å². The lowest BCUT2D eigenvalue weighted by Gasteiger charge is -2.12. The first-order chi connectivity index (χ1) is 9.92. The van der Waals surface area contributed by atoms with E-state index in [-0.39, 0.29) is 0 Å². The van der Waals surface area contributed by atoms with Crippen LogP contribution in [0.3, 0.4) is 0 Å². The van der Waals surface area contributed by atoms with E-state index in [1.54, 1.807) is 0 Å². The lowest BCUT2D eigenvalue weighted by atomic mass is 10.1. The molecule has 0 aliphatic carbocycles. The molecule has 108 valence electrons. The Morgan fingerprint density at radius 1 is 1.05 bits per heavy atom. The van der Waals surface area contributed by atoms with Crippen LogP contribution in [-0.2, 0) is 0 Å². The highest BCUT2D eigenvalue weighted by Gasteiger charge is 2.02. The Hall–Kier alpha value is -1.77. The van der Waals surface area contributed by atoms with Crippen LogP contribution in [0.1, 0.15) is 45.4 Å². The number of para-hydroxylation sites is 2. The second-order valence-corrected chi connectivity index (χ2v) is 5.18. The molecule has 0 fully saturated rings. The van der Waals surface area contributed by atoms with Gasteiger partial charge < -0.3 is 9.88 Å². The van der Waals surface area contributed by atoms with Crippen molar-refractivity contribution < 1.29 is 0 Å². The number of rotatable bonds is 9. The topological polar surface area (TPSA) is 29.9 Å². The number of anilines is 1. The molecular weight excluding hydrogens is 246 g/mol. The van der Waals surface area contributed by atoms with E-state index in [4.69, 9.17) is 0 Å². The van der Waals surface area contributed by atoms with Crippen molar-refractivity contribution in [1.29, 1.82) is 0 Å². The first-order valence-electron chi connectivity index (χ1n) is 7.73. The number of imidazole rings is 1. The third-order valence-corrected chi connectivity index (χ3v) is 3.53. The average molecular weight is 271 g/mol. The lowest BCUT2D eigenvalue weighted by molar-refractivity contribution is 0.617. The zero-order chi connectivity index (χ0) is 14.0. The van der Waals surface area contributed by atoms with Crippen LogP contribution < -0.4 is 5.32 Å². The zero-order valence-electron chi connectivity index (χ0n) is 12.4. The highest BCUT2D eigenvalue weighted by Crippen LogP contribution is 2.19. The van der Waals surface area contributed by atoms with Crippen molar-refractivity contribution in [1.82, 2.24) is 9.55 Å². The Morgan fingerprint density at radius 2 is 1.85 bits per heavy atom. The van der Waals surface area contributed by atoms with Gasteiger partial charge in [-0.15, -0.1) is 0 Å². The van der Waals surface area contributed by atoms with E-state index in [0.717, 1.165) is 12.2 Å². The normalized spacial score (nSPS) is 10.7. The number of unbranched alkanes of at least 4 members (excludes halogenated alkanes) is 5. The number of hydrogen-bond donors (Lipinski definition) is 1. The van der Waals surface area contributed by atoms with Crippen LogP contribution in [0.2, 0.25) is 0 Å². The minimum atomic E-state index is 1.04. The van der Waals surface area contributed by atoms with E-state index >= 15 is 0 Å². The van der Waals surface area contributed by atoms with Gasteiger partial charge in [-0.2, -0.15) is 0 Å². The summed E-state index contributed by atoms with van der Waals surface area (Å²) in [5.41, 5.74) is 2.34. The standard InChI is InChI=1S/C17H25N3/c1-2-3-4-5-6-9-12-19-16-10-7-8-11-17(16)20-14-13-18-15-20/h7-8,10-11,13-15,19H,2-6,9,12H2,1H3. The minimum Gasteiger partial charge on any atom is -0.383 e. The SMILES string of the molecule is CCCCCCCCNc1ccccc1-n1ccnc1. The number of benzene rings is 1. The highest BCUT2D eigenvalue weighted by molar-refractivity contribution is 5.60. The van der Waals surface area contributed by atoms with E-state index < -0.39 is 0 Å². The lowest BCUT2D eigenvalue weighted by Crippen LogP contribution is -2.05. The zero-order valence-corrected chi connectivity index (χ0v) is 12.4. The summed E-state index contributed by atoms with van der Waals surface area (Å²) in [6, 6.07) is 8.38. The van der Waals surface area contributed by atoms with E-state index in [1.165, 1.54) is 44.2 Å². The molecule has 1 N–H and O–H groups in total. The molecule has 3 nitrogen and oxygen atoms in total. The van der Waals surface area contributed by atoms with Crippen LogP contribution in [0.25, 0.3) is 5.69 Å². The molecule has 0 saturated heterocycles. The van der Waals surface area contributed by atoms with Gasteiger partial charge in [0.15, 0.2) is 0 Å². The summed E-state index contributed by atoms with van der Waals surface area (Å²) < 4.78 is 2.05. The fraction of sp³-hybridized carbons (Fsp3) is 0.471. The molecule has 0 aliphatic rings. The predicted octanol–water partition coefficient (Wildman–Crippen LogP) is 4.64. The molecule has 0 radical (unpaired) electrons. The van der Waals surface area contributed by atoms with Crippen molar-refractivity contribution in [3.8, 4) is 5.69 Å². The molecule has 1 aromatic heterocycles. The molecule has 2 aromatic rings. The molecule has 0 saturated carbocycles. The summed E-state index contributed by atoms with van der Waals surface area (Å²) in [5.74, 6) is 0. The van der Waals surface area contributed by atoms with Crippen LogP contribution in [0, 0.1) is 0 Å². The largest absolute Gasteiger partial charge is 0.383 e. The van der Waals surface area contributed by atoms with Gasteiger partial charge in [0.1, 0.15) is 0 Å². The molecule has 1 heterocycles. The Bertz CT molecular complexity index is 477. The van der Waals surface area contributed by atoms with Gasteiger partial charge in [0.2, 0.25) is 0 Å². The number of aromatic nitrogens is 2. The van der Waals surface area contributed by atoms with Gasteiger partial charge in [-0.1, -0.05) is 51.2 Å². The van der Waals surface area contributed by atoms with Gasteiger partial charge in [-0.05, 0) is 18.6 Å². The van der Waals surface area contributed by atoms with Crippen molar-refractivity contribution in [3.05, 3.63) is 43.0 Å². The highest BCUT2D eigenvalue weighted by atomic mass is 15.0. The summed E-state index contributed by atoms with van der Waals surface area (Å²) in [7, 11) is 0. The first-order valence-corrected chi connectivity index (χ1v) is 7.73. The van der Waals surface area contributed by atoms with Gasteiger partial charge >= 0.3 is 0 Å². The summed E-state index contributed by atoms with van der Waals surface area (Å²) in [6.45, 7) is 3.30. The number of hydrogen-bond acceptors (Lipinski definition) is 2. The van der Waals surface area contributed by atoms with Crippen LogP contribution in [0.5, 0.6) is 0 Å². The second-order valence-electron chi connectivity index (χ2n) is 5.18. The second kappa shape index (κ2) is 8.41. The molecule has 3 heteroatoms. The molecule has 0 unspecified atom stereocenters. The molecule has 0 bridgehead atoms. The van der Waals surface area contributed by atoms with Gasteiger partial charge in [0.05, 0.1) is 17.7 Å². The predicted molar refractivity (Wildman–Crippen MR) is 85.4 cm³/mol. The third kappa shape index (κ3) is 4.41. The Kier molecular flexibility index (Phi) is 6.15. The van der Waals surface area contributed by atoms with E-state index in [2.05, 4.69) is 41.5 Å². The molecule has 0 atom stereocenters. The summed E-state index contributed by atoms with van der Waals surface area (Å²) in [5, 5.41) is 3.54. The number of nitrogens with one attached hydrogen (secondary N) is 1. The third-order valence-electron chi connectivity index (χ3n) is 3.53. The summed E-state index contributed by atoms with van der Waals surface area (Å²) in [4.78, 5) is 4.11. The summed E-state index contributed by atoms with van der Waals surface area (Å²) in [6.07, 6.45) is 13.6. The maximum Gasteiger partial charge on any atom is 0.0992 e. The maximum absolute atomic E-state index is 4.11. The molecule has 20 heavy (non-hydrogen) atoms. The van der Waals surface area contributed by atoms with Crippen molar-refractivity contribution in [2.45, 2.75) is 45.4 Å². The molecule has 0 aliphatic heterocycles. The molecule has 1 aromatic carbocycles. The fourth-order valence-corrected chi connectivity index (χ4v) is 2.38. The monoisotopic (exact) mass is 271 g/mol. The van der Waals surface area contributed by atoms with Crippen molar-refractivity contribution in [3.63, 3.8) is 0 Å². The fourth-order valence-electron chi connectivity index (χ4n) is 2.38. The maximum atomic E-state index is 4.11. The summed E-state index contributed by atoms with van der Waals surface area (Å²) >= 11 is 0.